The zero-order chi connectivity index (χ0) is 14.8. The maximum Gasteiger partial charge on any atom is 0.148 e. The average Bonchev–Trinajstić information content (AvgIpc) is 2.96. The van der Waals surface area contributed by atoms with Gasteiger partial charge in [0.25, 0.3) is 0 Å². The molecule has 2 aromatic carbocycles. The van der Waals surface area contributed by atoms with Gasteiger partial charge in [-0.15, -0.1) is 10.2 Å². The first kappa shape index (κ1) is 13.8. The minimum absolute atomic E-state index is 0.358. The summed E-state index contributed by atoms with van der Waals surface area (Å²) in [5.41, 5.74) is 7.39. The molecule has 0 bridgehead atoms. The summed E-state index contributed by atoms with van der Waals surface area (Å²) in [6.07, 6.45) is 0. The van der Waals surface area contributed by atoms with Crippen molar-refractivity contribution in [2.45, 2.75) is 6.04 Å². The van der Waals surface area contributed by atoms with Crippen molar-refractivity contribution in [3.63, 3.8) is 0 Å². The van der Waals surface area contributed by atoms with Crippen molar-refractivity contribution in [3.05, 3.63) is 70.7 Å². The van der Waals surface area contributed by atoms with Gasteiger partial charge in [-0.05, 0) is 17.7 Å². The highest BCUT2D eigenvalue weighted by Gasteiger charge is 2.16. The summed E-state index contributed by atoms with van der Waals surface area (Å²) in [5, 5.41) is 9.03. The van der Waals surface area contributed by atoms with Crippen LogP contribution in [0.25, 0.3) is 10.6 Å². The minimum Gasteiger partial charge on any atom is -0.318 e. The third-order valence-electron chi connectivity index (χ3n) is 2.97. The molecule has 2 N–H and O–H groups in total. The molecule has 106 valence electrons. The van der Waals surface area contributed by atoms with Crippen LogP contribution < -0.4 is 5.73 Å². The quantitative estimate of drug-likeness (QED) is 0.805. The predicted molar refractivity (Wildman–Crippen MR) is 77.7 cm³/mol. The normalized spacial score (nSPS) is 12.3. The zero-order valence-electron chi connectivity index (χ0n) is 10.8. The molecule has 3 aromatic rings. The van der Waals surface area contributed by atoms with E-state index in [0.717, 1.165) is 11.6 Å². The van der Waals surface area contributed by atoms with Crippen molar-refractivity contribution >= 4 is 11.3 Å². The van der Waals surface area contributed by atoms with E-state index in [1.807, 2.05) is 30.3 Å². The van der Waals surface area contributed by atoms with Crippen LogP contribution in [0.4, 0.5) is 8.78 Å². The van der Waals surface area contributed by atoms with Gasteiger partial charge in [-0.3, -0.25) is 0 Å². The van der Waals surface area contributed by atoms with E-state index in [0.29, 0.717) is 15.6 Å². The molecule has 0 saturated carbocycles. The number of hydrogen-bond acceptors (Lipinski definition) is 4. The van der Waals surface area contributed by atoms with E-state index in [1.54, 1.807) is 0 Å². The molecule has 0 aliphatic carbocycles. The van der Waals surface area contributed by atoms with Crippen LogP contribution in [0.3, 0.4) is 0 Å². The molecule has 0 aliphatic heterocycles. The van der Waals surface area contributed by atoms with E-state index in [-0.39, 0.29) is 0 Å². The molecule has 21 heavy (non-hydrogen) atoms. The molecule has 0 aliphatic rings. The molecular formula is C15H11F2N3S. The third kappa shape index (κ3) is 2.96. The van der Waals surface area contributed by atoms with Crippen LogP contribution in [0.2, 0.25) is 0 Å². The molecule has 0 radical (unpaired) electrons. The molecule has 0 spiro atoms. The van der Waals surface area contributed by atoms with Crippen molar-refractivity contribution in [1.29, 1.82) is 0 Å². The van der Waals surface area contributed by atoms with Crippen LogP contribution in [0.1, 0.15) is 16.6 Å². The molecule has 1 heterocycles. The Bertz CT molecular complexity index is 738. The second kappa shape index (κ2) is 5.67. The highest BCUT2D eigenvalue weighted by molar-refractivity contribution is 7.14. The first-order chi connectivity index (χ1) is 10.1. The van der Waals surface area contributed by atoms with Gasteiger partial charge >= 0.3 is 0 Å². The van der Waals surface area contributed by atoms with Crippen molar-refractivity contribution in [2.75, 3.05) is 0 Å². The van der Waals surface area contributed by atoms with Gasteiger partial charge in [0.15, 0.2) is 0 Å². The molecule has 1 unspecified atom stereocenters. The first-order valence-corrected chi connectivity index (χ1v) is 7.05. The number of benzene rings is 2. The molecular weight excluding hydrogens is 292 g/mol. The Kier molecular flexibility index (Phi) is 3.72. The van der Waals surface area contributed by atoms with Crippen molar-refractivity contribution < 1.29 is 8.78 Å². The lowest BCUT2D eigenvalue weighted by atomic mass is 10.1. The van der Waals surface area contributed by atoms with E-state index in [4.69, 9.17) is 5.73 Å². The van der Waals surface area contributed by atoms with Crippen molar-refractivity contribution in [1.82, 2.24) is 10.2 Å². The lowest BCUT2D eigenvalue weighted by Gasteiger charge is -2.06. The standard InChI is InChI=1S/C15H11F2N3S/c16-11-6-10(7-12(17)8-11)14-19-20-15(21-14)13(18)9-4-2-1-3-5-9/h1-8,13H,18H2. The number of nitrogens with zero attached hydrogens (tertiary/aromatic N) is 2. The summed E-state index contributed by atoms with van der Waals surface area (Å²) in [5.74, 6) is -1.29. The highest BCUT2D eigenvalue weighted by atomic mass is 32.1. The van der Waals surface area contributed by atoms with Crippen LogP contribution >= 0.6 is 11.3 Å². The lowest BCUT2D eigenvalue weighted by Crippen LogP contribution is -2.11. The van der Waals surface area contributed by atoms with Crippen LogP contribution in [-0.2, 0) is 0 Å². The van der Waals surface area contributed by atoms with Gasteiger partial charge in [-0.25, -0.2) is 8.78 Å². The van der Waals surface area contributed by atoms with Gasteiger partial charge in [0.2, 0.25) is 0 Å². The van der Waals surface area contributed by atoms with Crippen LogP contribution in [-0.4, -0.2) is 10.2 Å². The van der Waals surface area contributed by atoms with Gasteiger partial charge in [-0.1, -0.05) is 41.7 Å². The summed E-state index contributed by atoms with van der Waals surface area (Å²) in [6, 6.07) is 12.3. The molecule has 0 amide bonds. The van der Waals surface area contributed by atoms with Crippen molar-refractivity contribution in [2.24, 2.45) is 5.73 Å². The molecule has 3 rings (SSSR count). The molecule has 1 aromatic heterocycles. The lowest BCUT2D eigenvalue weighted by molar-refractivity contribution is 0.584. The fourth-order valence-electron chi connectivity index (χ4n) is 1.96. The summed E-state index contributed by atoms with van der Waals surface area (Å²) in [6.45, 7) is 0. The average molecular weight is 303 g/mol. The highest BCUT2D eigenvalue weighted by Crippen LogP contribution is 2.29. The van der Waals surface area contributed by atoms with Crippen LogP contribution in [0, 0.1) is 11.6 Å². The summed E-state index contributed by atoms with van der Waals surface area (Å²) in [7, 11) is 0. The molecule has 0 fully saturated rings. The Balaban J connectivity index is 1.93. The summed E-state index contributed by atoms with van der Waals surface area (Å²) in [4.78, 5) is 0. The minimum atomic E-state index is -0.644. The van der Waals surface area contributed by atoms with Crippen molar-refractivity contribution in [3.8, 4) is 10.6 Å². The van der Waals surface area contributed by atoms with E-state index in [1.165, 1.54) is 23.5 Å². The Hall–Kier alpha value is -2.18. The molecule has 1 atom stereocenters. The molecule has 6 heteroatoms. The Morgan fingerprint density at radius 2 is 1.62 bits per heavy atom. The topological polar surface area (TPSA) is 51.8 Å². The number of halogens is 2. The van der Waals surface area contributed by atoms with Gasteiger partial charge in [-0.2, -0.15) is 0 Å². The second-order valence-corrected chi connectivity index (χ2v) is 5.50. The number of hydrogen-bond donors (Lipinski definition) is 1. The third-order valence-corrected chi connectivity index (χ3v) is 4.03. The van der Waals surface area contributed by atoms with Gasteiger partial charge < -0.3 is 5.73 Å². The first-order valence-electron chi connectivity index (χ1n) is 6.24. The van der Waals surface area contributed by atoms with E-state index in [9.17, 15) is 8.78 Å². The second-order valence-electron chi connectivity index (χ2n) is 4.49. The van der Waals surface area contributed by atoms with Gasteiger partial charge in [0.05, 0.1) is 6.04 Å². The van der Waals surface area contributed by atoms with E-state index >= 15 is 0 Å². The Labute approximate surface area is 124 Å². The Morgan fingerprint density at radius 1 is 0.952 bits per heavy atom. The smallest absolute Gasteiger partial charge is 0.148 e. The van der Waals surface area contributed by atoms with E-state index in [2.05, 4.69) is 10.2 Å². The van der Waals surface area contributed by atoms with Gasteiger partial charge in [0.1, 0.15) is 21.6 Å². The summed E-state index contributed by atoms with van der Waals surface area (Å²) < 4.78 is 26.5. The Morgan fingerprint density at radius 3 is 2.29 bits per heavy atom. The largest absolute Gasteiger partial charge is 0.318 e. The summed E-state index contributed by atoms with van der Waals surface area (Å²) >= 11 is 1.23. The molecule has 0 saturated heterocycles. The maximum absolute atomic E-state index is 13.2. The SMILES string of the molecule is NC(c1ccccc1)c1nnc(-c2cc(F)cc(F)c2)s1. The van der Waals surface area contributed by atoms with Crippen LogP contribution in [0.15, 0.2) is 48.5 Å². The predicted octanol–water partition coefficient (Wildman–Crippen LogP) is 3.53. The fourth-order valence-corrected chi connectivity index (χ4v) is 2.82. The zero-order valence-corrected chi connectivity index (χ0v) is 11.6. The maximum atomic E-state index is 13.2. The van der Waals surface area contributed by atoms with Crippen LogP contribution in [0.5, 0.6) is 0 Å². The number of nitrogens with two attached hydrogens (primary N) is 1. The number of aromatic nitrogens is 2. The van der Waals surface area contributed by atoms with E-state index < -0.39 is 17.7 Å². The monoisotopic (exact) mass is 303 g/mol. The molecule has 3 nitrogen and oxygen atoms in total. The number of rotatable bonds is 3. The van der Waals surface area contributed by atoms with Gasteiger partial charge in [0, 0.05) is 11.6 Å². The fraction of sp³-hybridized carbons (Fsp3) is 0.0667.